The monoisotopic (exact) mass is 259 g/mol. The average molecular weight is 259 g/mol. The number of aryl methyl sites for hydroxylation is 2. The Morgan fingerprint density at radius 2 is 1.84 bits per heavy atom. The number of hydrogen-bond donors (Lipinski definition) is 1. The van der Waals surface area contributed by atoms with Crippen molar-refractivity contribution in [1.29, 1.82) is 0 Å². The van der Waals surface area contributed by atoms with Crippen LogP contribution in [0.25, 0.3) is 0 Å². The van der Waals surface area contributed by atoms with E-state index in [-0.39, 0.29) is 5.54 Å². The van der Waals surface area contributed by atoms with Gasteiger partial charge >= 0.3 is 0 Å². The quantitative estimate of drug-likeness (QED) is 0.824. The molecule has 0 heterocycles. The van der Waals surface area contributed by atoms with E-state index in [1.165, 1.54) is 44.1 Å². The van der Waals surface area contributed by atoms with E-state index in [4.69, 9.17) is 5.73 Å². The third kappa shape index (κ3) is 3.82. The van der Waals surface area contributed by atoms with Crippen molar-refractivity contribution in [2.75, 3.05) is 0 Å². The van der Waals surface area contributed by atoms with Crippen molar-refractivity contribution >= 4 is 0 Å². The molecule has 1 aliphatic rings. The third-order valence-electron chi connectivity index (χ3n) is 4.49. The predicted molar refractivity (Wildman–Crippen MR) is 83.3 cm³/mol. The number of hydrogen-bond acceptors (Lipinski definition) is 1. The summed E-state index contributed by atoms with van der Waals surface area (Å²) in [6.45, 7) is 6.76. The van der Waals surface area contributed by atoms with Crippen LogP contribution in [0.4, 0.5) is 0 Å². The molecule has 2 N–H and O–H groups in total. The summed E-state index contributed by atoms with van der Waals surface area (Å²) in [5, 5.41) is 0. The number of benzene rings is 1. The SMILES string of the molecule is CC(C)CCCC(C)(N)c1ccc2c(c1)CCCC2. The van der Waals surface area contributed by atoms with Gasteiger partial charge in [-0.3, -0.25) is 0 Å². The van der Waals surface area contributed by atoms with E-state index < -0.39 is 0 Å². The molecule has 1 atom stereocenters. The summed E-state index contributed by atoms with van der Waals surface area (Å²) in [6, 6.07) is 6.96. The lowest BCUT2D eigenvalue weighted by atomic mass is 9.82. The van der Waals surface area contributed by atoms with Gasteiger partial charge in [-0.2, -0.15) is 0 Å². The normalized spacial score (nSPS) is 18.2. The summed E-state index contributed by atoms with van der Waals surface area (Å²) in [5.41, 5.74) is 10.8. The summed E-state index contributed by atoms with van der Waals surface area (Å²) in [6.07, 6.45) is 8.77. The van der Waals surface area contributed by atoms with Crippen molar-refractivity contribution in [2.45, 2.75) is 71.3 Å². The van der Waals surface area contributed by atoms with Crippen LogP contribution in [-0.4, -0.2) is 0 Å². The molecule has 2 rings (SSSR count). The summed E-state index contributed by atoms with van der Waals surface area (Å²) in [5.74, 6) is 0.777. The molecule has 0 spiro atoms. The highest BCUT2D eigenvalue weighted by molar-refractivity contribution is 5.36. The van der Waals surface area contributed by atoms with Crippen molar-refractivity contribution < 1.29 is 0 Å². The van der Waals surface area contributed by atoms with Crippen molar-refractivity contribution in [3.63, 3.8) is 0 Å². The van der Waals surface area contributed by atoms with Crippen LogP contribution < -0.4 is 5.73 Å². The molecule has 1 heteroatoms. The Morgan fingerprint density at radius 1 is 1.16 bits per heavy atom. The maximum Gasteiger partial charge on any atom is 0.0381 e. The van der Waals surface area contributed by atoms with Crippen LogP contribution >= 0.6 is 0 Å². The molecule has 0 bridgehead atoms. The van der Waals surface area contributed by atoms with E-state index >= 15 is 0 Å². The molecule has 1 nitrogen and oxygen atoms in total. The van der Waals surface area contributed by atoms with Gasteiger partial charge in [-0.05, 0) is 61.6 Å². The largest absolute Gasteiger partial charge is 0.322 e. The highest BCUT2D eigenvalue weighted by Gasteiger charge is 2.22. The van der Waals surface area contributed by atoms with Gasteiger partial charge in [-0.25, -0.2) is 0 Å². The lowest BCUT2D eigenvalue weighted by Crippen LogP contribution is -2.33. The van der Waals surface area contributed by atoms with Crippen LogP contribution in [0.1, 0.15) is 69.6 Å². The smallest absolute Gasteiger partial charge is 0.0381 e. The Labute approximate surface area is 118 Å². The topological polar surface area (TPSA) is 26.0 Å². The maximum atomic E-state index is 6.56. The first kappa shape index (κ1) is 14.6. The summed E-state index contributed by atoms with van der Waals surface area (Å²) in [4.78, 5) is 0. The van der Waals surface area contributed by atoms with E-state index in [1.54, 1.807) is 11.1 Å². The number of nitrogens with two attached hydrogens (primary N) is 1. The zero-order valence-corrected chi connectivity index (χ0v) is 12.8. The molecular formula is C18H29N. The van der Waals surface area contributed by atoms with Gasteiger partial charge in [-0.1, -0.05) is 44.9 Å². The van der Waals surface area contributed by atoms with Gasteiger partial charge in [0.2, 0.25) is 0 Å². The molecule has 1 aromatic rings. The summed E-state index contributed by atoms with van der Waals surface area (Å²) < 4.78 is 0. The first-order valence-corrected chi connectivity index (χ1v) is 7.90. The average Bonchev–Trinajstić information content (AvgIpc) is 2.37. The van der Waals surface area contributed by atoms with Crippen LogP contribution in [-0.2, 0) is 18.4 Å². The van der Waals surface area contributed by atoms with E-state index in [9.17, 15) is 0 Å². The molecular weight excluding hydrogens is 230 g/mol. The molecule has 19 heavy (non-hydrogen) atoms. The van der Waals surface area contributed by atoms with Crippen LogP contribution in [0.5, 0.6) is 0 Å². The van der Waals surface area contributed by atoms with Crippen molar-refractivity contribution in [1.82, 2.24) is 0 Å². The molecule has 0 saturated carbocycles. The van der Waals surface area contributed by atoms with Crippen LogP contribution in [0.15, 0.2) is 18.2 Å². The van der Waals surface area contributed by atoms with Crippen LogP contribution in [0, 0.1) is 5.92 Å². The lowest BCUT2D eigenvalue weighted by Gasteiger charge is -2.28. The van der Waals surface area contributed by atoms with Gasteiger partial charge in [0.25, 0.3) is 0 Å². The molecule has 0 aromatic heterocycles. The Kier molecular flexibility index (Phi) is 4.67. The molecule has 1 aromatic carbocycles. The summed E-state index contributed by atoms with van der Waals surface area (Å²) >= 11 is 0. The molecule has 0 radical (unpaired) electrons. The van der Waals surface area contributed by atoms with E-state index in [1.807, 2.05) is 0 Å². The minimum absolute atomic E-state index is 0.165. The van der Waals surface area contributed by atoms with E-state index in [0.29, 0.717) is 0 Å². The van der Waals surface area contributed by atoms with Crippen LogP contribution in [0.3, 0.4) is 0 Å². The van der Waals surface area contributed by atoms with Gasteiger partial charge in [0.05, 0.1) is 0 Å². The van der Waals surface area contributed by atoms with Gasteiger partial charge in [-0.15, -0.1) is 0 Å². The highest BCUT2D eigenvalue weighted by atomic mass is 14.7. The first-order chi connectivity index (χ1) is 8.99. The van der Waals surface area contributed by atoms with Gasteiger partial charge in [0.1, 0.15) is 0 Å². The lowest BCUT2D eigenvalue weighted by molar-refractivity contribution is 0.405. The maximum absolute atomic E-state index is 6.56. The van der Waals surface area contributed by atoms with Gasteiger partial charge < -0.3 is 5.73 Å². The molecule has 0 amide bonds. The molecule has 0 aliphatic heterocycles. The highest BCUT2D eigenvalue weighted by Crippen LogP contribution is 2.29. The second-order valence-corrected chi connectivity index (χ2v) is 6.89. The Balaban J connectivity index is 2.07. The first-order valence-electron chi connectivity index (χ1n) is 7.90. The predicted octanol–water partition coefficient (Wildman–Crippen LogP) is 4.57. The Bertz CT molecular complexity index is 418. The van der Waals surface area contributed by atoms with Crippen molar-refractivity contribution in [3.05, 3.63) is 34.9 Å². The molecule has 0 fully saturated rings. The zero-order valence-electron chi connectivity index (χ0n) is 12.8. The summed E-state index contributed by atoms with van der Waals surface area (Å²) in [7, 11) is 0. The number of fused-ring (bicyclic) bond motifs is 1. The molecule has 0 saturated heterocycles. The number of rotatable bonds is 5. The Morgan fingerprint density at radius 3 is 2.53 bits per heavy atom. The van der Waals surface area contributed by atoms with Crippen molar-refractivity contribution in [3.8, 4) is 0 Å². The fourth-order valence-corrected chi connectivity index (χ4v) is 3.11. The zero-order chi connectivity index (χ0) is 13.9. The molecule has 106 valence electrons. The second-order valence-electron chi connectivity index (χ2n) is 6.89. The Hall–Kier alpha value is -0.820. The fraction of sp³-hybridized carbons (Fsp3) is 0.667. The molecule has 1 aliphatic carbocycles. The molecule has 1 unspecified atom stereocenters. The standard InChI is InChI=1S/C18H29N/c1-14(2)7-6-12-18(3,19)17-11-10-15-8-4-5-9-16(15)13-17/h10-11,13-14H,4-9,12,19H2,1-3H3. The second kappa shape index (κ2) is 6.09. The van der Waals surface area contributed by atoms with E-state index in [2.05, 4.69) is 39.0 Å². The van der Waals surface area contributed by atoms with Crippen molar-refractivity contribution in [2.24, 2.45) is 11.7 Å². The minimum Gasteiger partial charge on any atom is -0.322 e. The van der Waals surface area contributed by atoms with E-state index in [0.717, 1.165) is 12.3 Å². The minimum atomic E-state index is -0.165. The third-order valence-corrected chi connectivity index (χ3v) is 4.49. The van der Waals surface area contributed by atoms with Crippen LogP contribution in [0.2, 0.25) is 0 Å². The van der Waals surface area contributed by atoms with Gasteiger partial charge in [0, 0.05) is 5.54 Å². The fourth-order valence-electron chi connectivity index (χ4n) is 3.11. The van der Waals surface area contributed by atoms with Gasteiger partial charge in [0.15, 0.2) is 0 Å².